The average molecular weight is 313 g/mol. The first-order chi connectivity index (χ1) is 10.0. The van der Waals surface area contributed by atoms with Gasteiger partial charge in [0.15, 0.2) is 5.82 Å². The van der Waals surface area contributed by atoms with Crippen LogP contribution in [0.15, 0.2) is 41.3 Å². The molecule has 0 spiro atoms. The third kappa shape index (κ3) is 3.49. The summed E-state index contributed by atoms with van der Waals surface area (Å²) in [5.74, 6) is -2.89. The summed E-state index contributed by atoms with van der Waals surface area (Å²) >= 11 is 0.699. The Hall–Kier alpha value is -2.15. The van der Waals surface area contributed by atoms with Crippen molar-refractivity contribution in [1.82, 2.24) is 0 Å². The van der Waals surface area contributed by atoms with Gasteiger partial charge in [-0.15, -0.1) is 0 Å². The fraction of sp³-hybridized carbons (Fsp3) is 0.0714. The van der Waals surface area contributed by atoms with E-state index >= 15 is 0 Å². The van der Waals surface area contributed by atoms with Gasteiger partial charge >= 0.3 is 5.97 Å². The molecule has 0 amide bonds. The monoisotopic (exact) mass is 313 g/mol. The van der Waals surface area contributed by atoms with Gasteiger partial charge < -0.3 is 9.46 Å². The second-order valence-electron chi connectivity index (χ2n) is 3.94. The number of nitrogens with one attached hydrogen (secondary N) is 1. The zero-order valence-electron chi connectivity index (χ0n) is 10.8. The topological polar surface area (TPSA) is 38.3 Å². The molecule has 21 heavy (non-hydrogen) atoms. The van der Waals surface area contributed by atoms with E-state index in [1.165, 1.54) is 18.2 Å². The molecular weight excluding hydrogens is 303 g/mol. The van der Waals surface area contributed by atoms with Crippen LogP contribution in [0, 0.1) is 17.5 Å². The van der Waals surface area contributed by atoms with Gasteiger partial charge in [-0.25, -0.2) is 18.0 Å². The molecule has 2 rings (SSSR count). The number of esters is 1. The molecule has 0 aliphatic heterocycles. The van der Waals surface area contributed by atoms with Gasteiger partial charge in [0.2, 0.25) is 0 Å². The molecule has 0 radical (unpaired) electrons. The van der Waals surface area contributed by atoms with Crippen LogP contribution in [0.25, 0.3) is 0 Å². The molecule has 0 aromatic heterocycles. The van der Waals surface area contributed by atoms with Crippen LogP contribution in [0.2, 0.25) is 0 Å². The highest BCUT2D eigenvalue weighted by Gasteiger charge is 2.15. The predicted molar refractivity (Wildman–Crippen MR) is 73.6 cm³/mol. The van der Waals surface area contributed by atoms with Crippen LogP contribution in [0.4, 0.5) is 18.9 Å². The minimum atomic E-state index is -0.825. The number of anilines is 1. The van der Waals surface area contributed by atoms with Crippen molar-refractivity contribution in [3.05, 3.63) is 59.4 Å². The van der Waals surface area contributed by atoms with Crippen molar-refractivity contribution in [3.8, 4) is 0 Å². The first-order valence-electron chi connectivity index (χ1n) is 5.77. The normalized spacial score (nSPS) is 10.3. The van der Waals surface area contributed by atoms with Crippen molar-refractivity contribution in [2.75, 3.05) is 11.8 Å². The zero-order chi connectivity index (χ0) is 15.4. The summed E-state index contributed by atoms with van der Waals surface area (Å²) in [7, 11) is 1.14. The number of benzene rings is 2. The Morgan fingerprint density at radius 3 is 2.67 bits per heavy atom. The molecule has 110 valence electrons. The molecule has 1 N–H and O–H groups in total. The van der Waals surface area contributed by atoms with E-state index in [4.69, 9.17) is 0 Å². The highest BCUT2D eigenvalue weighted by atomic mass is 32.2. The van der Waals surface area contributed by atoms with Gasteiger partial charge in [-0.1, -0.05) is 6.07 Å². The molecule has 0 aliphatic carbocycles. The van der Waals surface area contributed by atoms with Gasteiger partial charge in [-0.3, -0.25) is 0 Å². The summed E-state index contributed by atoms with van der Waals surface area (Å²) in [6.45, 7) is 0. The third-order valence-electron chi connectivity index (χ3n) is 2.57. The summed E-state index contributed by atoms with van der Waals surface area (Å²) in [5, 5.41) is 0. The van der Waals surface area contributed by atoms with Gasteiger partial charge in [-0.2, -0.15) is 0 Å². The lowest BCUT2D eigenvalue weighted by molar-refractivity contribution is 0.0595. The van der Waals surface area contributed by atoms with Crippen molar-refractivity contribution in [2.24, 2.45) is 0 Å². The highest BCUT2D eigenvalue weighted by molar-refractivity contribution is 8.00. The van der Waals surface area contributed by atoms with E-state index in [0.717, 1.165) is 25.3 Å². The maximum absolute atomic E-state index is 14.0. The summed E-state index contributed by atoms with van der Waals surface area (Å²) in [6.07, 6.45) is 0. The second-order valence-corrected chi connectivity index (χ2v) is 4.79. The van der Waals surface area contributed by atoms with E-state index in [9.17, 15) is 18.0 Å². The van der Waals surface area contributed by atoms with Crippen molar-refractivity contribution < 1.29 is 22.7 Å². The Labute approximate surface area is 123 Å². The van der Waals surface area contributed by atoms with Crippen LogP contribution >= 0.6 is 11.9 Å². The Balaban J connectivity index is 2.21. The molecule has 0 saturated carbocycles. The van der Waals surface area contributed by atoms with Gasteiger partial charge in [0.05, 0.1) is 23.3 Å². The predicted octanol–water partition coefficient (Wildman–Crippen LogP) is 4.01. The summed E-state index contributed by atoms with van der Waals surface area (Å²) in [4.78, 5) is 11.3. The quantitative estimate of drug-likeness (QED) is 0.684. The fourth-order valence-corrected chi connectivity index (χ4v) is 2.26. The lowest BCUT2D eigenvalue weighted by Crippen LogP contribution is -2.06. The van der Waals surface area contributed by atoms with Crippen molar-refractivity contribution in [2.45, 2.75) is 4.90 Å². The SMILES string of the molecule is COC(=O)c1cccc(NSc2cc(F)ccc2F)c1F. The molecule has 3 nitrogen and oxygen atoms in total. The number of ether oxygens (including phenoxy) is 1. The number of hydrogen-bond acceptors (Lipinski definition) is 4. The molecular formula is C14H10F3NO2S. The zero-order valence-corrected chi connectivity index (χ0v) is 11.6. The number of methoxy groups -OCH3 is 1. The standard InChI is InChI=1S/C14H10F3NO2S/c1-20-14(19)9-3-2-4-11(13(9)17)18-21-12-7-8(15)5-6-10(12)16/h2-7,18H,1H3. The number of halogens is 3. The third-order valence-corrected chi connectivity index (χ3v) is 3.42. The Morgan fingerprint density at radius 1 is 1.19 bits per heavy atom. The summed E-state index contributed by atoms with van der Waals surface area (Å²) < 4.78 is 47.5. The smallest absolute Gasteiger partial charge is 0.340 e. The van der Waals surface area contributed by atoms with Gasteiger partial charge in [0, 0.05) is 0 Å². The lowest BCUT2D eigenvalue weighted by atomic mass is 10.2. The second kappa shape index (κ2) is 6.53. The van der Waals surface area contributed by atoms with Gasteiger partial charge in [-0.05, 0) is 42.3 Å². The van der Waals surface area contributed by atoms with E-state index in [1.54, 1.807) is 0 Å². The number of carbonyl (C=O) groups is 1. The van der Waals surface area contributed by atoms with Crippen molar-refractivity contribution in [1.29, 1.82) is 0 Å². The van der Waals surface area contributed by atoms with Crippen molar-refractivity contribution >= 4 is 23.6 Å². The molecule has 0 saturated heterocycles. The maximum Gasteiger partial charge on any atom is 0.340 e. The Bertz CT molecular complexity index is 679. The molecule has 0 aliphatic rings. The molecule has 7 heteroatoms. The van der Waals surface area contributed by atoms with Gasteiger partial charge in [0.1, 0.15) is 11.6 Å². The first kappa shape index (κ1) is 15.2. The van der Waals surface area contributed by atoms with E-state index in [1.807, 2.05) is 0 Å². The lowest BCUT2D eigenvalue weighted by Gasteiger charge is -2.09. The van der Waals surface area contributed by atoms with Gasteiger partial charge in [0.25, 0.3) is 0 Å². The molecule has 0 atom stereocenters. The van der Waals surface area contributed by atoms with E-state index in [-0.39, 0.29) is 16.1 Å². The fourth-order valence-electron chi connectivity index (χ4n) is 1.54. The van der Waals surface area contributed by atoms with Crippen LogP contribution in [-0.4, -0.2) is 13.1 Å². The molecule has 0 unspecified atom stereocenters. The number of rotatable bonds is 4. The van der Waals surface area contributed by atoms with E-state index in [0.29, 0.717) is 11.9 Å². The molecule has 0 bridgehead atoms. The Kier molecular flexibility index (Phi) is 4.74. The molecule has 0 heterocycles. The minimum absolute atomic E-state index is 0.0297. The van der Waals surface area contributed by atoms with Crippen LogP contribution < -0.4 is 4.72 Å². The van der Waals surface area contributed by atoms with E-state index < -0.39 is 23.4 Å². The molecule has 2 aromatic rings. The minimum Gasteiger partial charge on any atom is -0.465 e. The Morgan fingerprint density at radius 2 is 1.95 bits per heavy atom. The van der Waals surface area contributed by atoms with Crippen LogP contribution in [0.1, 0.15) is 10.4 Å². The van der Waals surface area contributed by atoms with Crippen LogP contribution in [0.3, 0.4) is 0 Å². The highest BCUT2D eigenvalue weighted by Crippen LogP contribution is 2.27. The van der Waals surface area contributed by atoms with Crippen LogP contribution in [0.5, 0.6) is 0 Å². The maximum atomic E-state index is 14.0. The van der Waals surface area contributed by atoms with E-state index in [2.05, 4.69) is 9.46 Å². The molecule has 0 fully saturated rings. The van der Waals surface area contributed by atoms with Crippen molar-refractivity contribution in [3.63, 3.8) is 0 Å². The molecule has 2 aromatic carbocycles. The average Bonchev–Trinajstić information content (AvgIpc) is 2.48. The van der Waals surface area contributed by atoms with Crippen LogP contribution in [-0.2, 0) is 4.74 Å². The number of carbonyl (C=O) groups excluding carboxylic acids is 1. The first-order valence-corrected chi connectivity index (χ1v) is 6.59. The summed E-state index contributed by atoms with van der Waals surface area (Å²) in [6, 6.07) is 7.01. The largest absolute Gasteiger partial charge is 0.465 e. The number of hydrogen-bond donors (Lipinski definition) is 1. The summed E-state index contributed by atoms with van der Waals surface area (Å²) in [5.41, 5.74) is -0.283.